The first-order valence-electron chi connectivity index (χ1n) is 7.27. The van der Waals surface area contributed by atoms with Gasteiger partial charge in [-0.3, -0.25) is 0 Å². The van der Waals surface area contributed by atoms with Crippen LogP contribution in [0.15, 0.2) is 0 Å². The van der Waals surface area contributed by atoms with E-state index in [0.717, 1.165) is 12.8 Å². The van der Waals surface area contributed by atoms with Gasteiger partial charge in [-0.1, -0.05) is 19.3 Å². The molecular formula is C14H26N2O. The zero-order valence-electron chi connectivity index (χ0n) is 11.2. The standard InChI is InChI=1S/C14H26N2O/c1-11-7-6-8-12(2)16(11)14(17)15-13-9-4-3-5-10-13/h11-13H,3-10H2,1-2H3,(H,15,17). The summed E-state index contributed by atoms with van der Waals surface area (Å²) in [6, 6.07) is 1.42. The number of nitrogens with one attached hydrogen (secondary N) is 1. The second-order valence-electron chi connectivity index (χ2n) is 5.82. The molecule has 2 fully saturated rings. The van der Waals surface area contributed by atoms with Crippen molar-refractivity contribution in [2.75, 3.05) is 0 Å². The van der Waals surface area contributed by atoms with E-state index in [1.807, 2.05) is 0 Å². The third kappa shape index (κ3) is 3.14. The number of urea groups is 1. The van der Waals surface area contributed by atoms with E-state index in [4.69, 9.17) is 0 Å². The smallest absolute Gasteiger partial charge is 0.318 e. The van der Waals surface area contributed by atoms with Crippen LogP contribution in [0, 0.1) is 0 Å². The normalized spacial score (nSPS) is 31.3. The molecule has 0 aromatic rings. The van der Waals surface area contributed by atoms with Gasteiger partial charge in [-0.05, 0) is 46.0 Å². The van der Waals surface area contributed by atoms with Crippen molar-refractivity contribution >= 4 is 6.03 Å². The molecule has 3 heteroatoms. The highest BCUT2D eigenvalue weighted by molar-refractivity contribution is 5.75. The quantitative estimate of drug-likeness (QED) is 0.747. The summed E-state index contributed by atoms with van der Waals surface area (Å²) >= 11 is 0. The number of carbonyl (C=O) groups is 1. The highest BCUT2D eigenvalue weighted by Crippen LogP contribution is 2.23. The van der Waals surface area contributed by atoms with Crippen LogP contribution in [-0.2, 0) is 0 Å². The first-order chi connectivity index (χ1) is 8.18. The van der Waals surface area contributed by atoms with Crippen LogP contribution >= 0.6 is 0 Å². The Morgan fingerprint density at radius 2 is 1.53 bits per heavy atom. The summed E-state index contributed by atoms with van der Waals surface area (Å²) in [5, 5.41) is 3.24. The first-order valence-corrected chi connectivity index (χ1v) is 7.27. The molecule has 2 rings (SSSR count). The minimum atomic E-state index is 0.177. The van der Waals surface area contributed by atoms with Crippen LogP contribution in [0.1, 0.15) is 65.2 Å². The number of carbonyl (C=O) groups excluding carboxylic acids is 1. The summed E-state index contributed by atoms with van der Waals surface area (Å²) in [5.41, 5.74) is 0. The summed E-state index contributed by atoms with van der Waals surface area (Å²) in [4.78, 5) is 14.4. The minimum Gasteiger partial charge on any atom is -0.335 e. The fourth-order valence-corrected chi connectivity index (χ4v) is 3.32. The second-order valence-corrected chi connectivity index (χ2v) is 5.82. The summed E-state index contributed by atoms with van der Waals surface area (Å²) in [7, 11) is 0. The van der Waals surface area contributed by atoms with E-state index in [1.54, 1.807) is 0 Å². The number of likely N-dealkylation sites (tertiary alicyclic amines) is 1. The Labute approximate surface area is 105 Å². The molecule has 98 valence electrons. The average molecular weight is 238 g/mol. The average Bonchev–Trinajstić information content (AvgIpc) is 2.30. The van der Waals surface area contributed by atoms with Gasteiger partial charge in [-0.25, -0.2) is 4.79 Å². The Hall–Kier alpha value is -0.730. The Morgan fingerprint density at radius 1 is 0.941 bits per heavy atom. The molecular weight excluding hydrogens is 212 g/mol. The van der Waals surface area contributed by atoms with Gasteiger partial charge in [0.15, 0.2) is 0 Å². The Kier molecular flexibility index (Phi) is 4.30. The van der Waals surface area contributed by atoms with Gasteiger partial charge in [0.25, 0.3) is 0 Å². The van der Waals surface area contributed by atoms with E-state index >= 15 is 0 Å². The molecule has 1 saturated heterocycles. The molecule has 2 aliphatic rings. The van der Waals surface area contributed by atoms with Crippen LogP contribution in [0.3, 0.4) is 0 Å². The number of hydrogen-bond acceptors (Lipinski definition) is 1. The van der Waals surface area contributed by atoms with Gasteiger partial charge in [0, 0.05) is 18.1 Å². The molecule has 2 atom stereocenters. The van der Waals surface area contributed by atoms with E-state index in [1.165, 1.54) is 38.5 Å². The van der Waals surface area contributed by atoms with Crippen LogP contribution in [0.25, 0.3) is 0 Å². The van der Waals surface area contributed by atoms with Crippen molar-refractivity contribution in [2.24, 2.45) is 0 Å². The fraction of sp³-hybridized carbons (Fsp3) is 0.929. The van der Waals surface area contributed by atoms with Gasteiger partial charge >= 0.3 is 6.03 Å². The molecule has 0 spiro atoms. The summed E-state index contributed by atoms with van der Waals surface area (Å²) in [5.74, 6) is 0. The largest absolute Gasteiger partial charge is 0.335 e. The van der Waals surface area contributed by atoms with Crippen molar-refractivity contribution in [2.45, 2.75) is 83.3 Å². The number of nitrogens with zero attached hydrogens (tertiary/aromatic N) is 1. The molecule has 3 nitrogen and oxygen atoms in total. The zero-order chi connectivity index (χ0) is 12.3. The zero-order valence-corrected chi connectivity index (χ0v) is 11.2. The van der Waals surface area contributed by atoms with Crippen molar-refractivity contribution in [3.05, 3.63) is 0 Å². The number of rotatable bonds is 1. The van der Waals surface area contributed by atoms with Crippen LogP contribution in [0.5, 0.6) is 0 Å². The minimum absolute atomic E-state index is 0.177. The van der Waals surface area contributed by atoms with Crippen LogP contribution in [0.4, 0.5) is 4.79 Å². The van der Waals surface area contributed by atoms with Crippen LogP contribution in [-0.4, -0.2) is 29.1 Å². The summed E-state index contributed by atoms with van der Waals surface area (Å²) in [6.07, 6.45) is 9.79. The maximum Gasteiger partial charge on any atom is 0.318 e. The lowest BCUT2D eigenvalue weighted by Gasteiger charge is -2.40. The highest BCUT2D eigenvalue weighted by Gasteiger charge is 2.30. The number of piperidine rings is 1. The molecule has 1 N–H and O–H groups in total. The van der Waals surface area contributed by atoms with E-state index in [-0.39, 0.29) is 6.03 Å². The third-order valence-electron chi connectivity index (χ3n) is 4.36. The molecule has 0 aromatic heterocycles. The Bertz CT molecular complexity index is 251. The van der Waals surface area contributed by atoms with Gasteiger partial charge in [-0.15, -0.1) is 0 Å². The SMILES string of the molecule is CC1CCCC(C)N1C(=O)NC1CCCCC1. The number of amides is 2. The number of hydrogen-bond donors (Lipinski definition) is 1. The first kappa shape index (κ1) is 12.7. The van der Waals surface area contributed by atoms with Gasteiger partial charge in [-0.2, -0.15) is 0 Å². The van der Waals surface area contributed by atoms with E-state index in [9.17, 15) is 4.79 Å². The van der Waals surface area contributed by atoms with Crippen LogP contribution < -0.4 is 5.32 Å². The molecule has 1 heterocycles. The monoisotopic (exact) mass is 238 g/mol. The van der Waals surface area contributed by atoms with E-state index < -0.39 is 0 Å². The summed E-state index contributed by atoms with van der Waals surface area (Å²) in [6.45, 7) is 4.35. The maximum absolute atomic E-state index is 12.3. The van der Waals surface area contributed by atoms with Gasteiger partial charge in [0.1, 0.15) is 0 Å². The highest BCUT2D eigenvalue weighted by atomic mass is 16.2. The van der Waals surface area contributed by atoms with E-state index in [0.29, 0.717) is 18.1 Å². The Balaban J connectivity index is 1.88. The van der Waals surface area contributed by atoms with Crippen molar-refractivity contribution < 1.29 is 4.79 Å². The summed E-state index contributed by atoms with van der Waals surface area (Å²) < 4.78 is 0. The van der Waals surface area contributed by atoms with E-state index in [2.05, 4.69) is 24.1 Å². The molecule has 2 unspecified atom stereocenters. The van der Waals surface area contributed by atoms with Crippen molar-refractivity contribution in [1.29, 1.82) is 0 Å². The topological polar surface area (TPSA) is 32.3 Å². The second kappa shape index (κ2) is 5.74. The lowest BCUT2D eigenvalue weighted by molar-refractivity contribution is 0.119. The van der Waals surface area contributed by atoms with Gasteiger partial charge < -0.3 is 10.2 Å². The van der Waals surface area contributed by atoms with Crippen molar-refractivity contribution in [3.63, 3.8) is 0 Å². The predicted molar refractivity (Wildman–Crippen MR) is 70.0 cm³/mol. The molecule has 1 aliphatic carbocycles. The van der Waals surface area contributed by atoms with Gasteiger partial charge in [0.2, 0.25) is 0 Å². The Morgan fingerprint density at radius 3 is 2.12 bits per heavy atom. The van der Waals surface area contributed by atoms with Crippen LogP contribution in [0.2, 0.25) is 0 Å². The lowest BCUT2D eigenvalue weighted by atomic mass is 9.95. The van der Waals surface area contributed by atoms with Gasteiger partial charge in [0.05, 0.1) is 0 Å². The predicted octanol–water partition coefficient (Wildman–Crippen LogP) is 3.29. The molecule has 2 amide bonds. The fourth-order valence-electron chi connectivity index (χ4n) is 3.32. The molecule has 0 bridgehead atoms. The molecule has 0 aromatic carbocycles. The molecule has 1 saturated carbocycles. The molecule has 17 heavy (non-hydrogen) atoms. The maximum atomic E-state index is 12.3. The van der Waals surface area contributed by atoms with Crippen molar-refractivity contribution in [1.82, 2.24) is 10.2 Å². The third-order valence-corrected chi connectivity index (χ3v) is 4.36. The lowest BCUT2D eigenvalue weighted by Crippen LogP contribution is -2.54. The van der Waals surface area contributed by atoms with Crippen molar-refractivity contribution in [3.8, 4) is 0 Å². The molecule has 0 radical (unpaired) electrons. The molecule has 1 aliphatic heterocycles.